The minimum atomic E-state index is 0.575. The average molecular weight is 664 g/mol. The van der Waals surface area contributed by atoms with Crippen LogP contribution in [0.1, 0.15) is 0 Å². The zero-order valence-electron chi connectivity index (χ0n) is 28.0. The highest BCUT2D eigenvalue weighted by molar-refractivity contribution is 6.25. The molecule has 0 fully saturated rings. The second kappa shape index (κ2) is 11.2. The maximum absolute atomic E-state index is 5.29. The Morgan fingerprint density at radius 1 is 0.327 bits per heavy atom. The van der Waals surface area contributed by atoms with Gasteiger partial charge in [-0.15, -0.1) is 0 Å². The van der Waals surface area contributed by atoms with Crippen molar-refractivity contribution in [3.63, 3.8) is 0 Å². The smallest absolute Gasteiger partial charge is 0.238 e. The Morgan fingerprint density at radius 3 is 1.23 bits per heavy atom. The fourth-order valence-corrected chi connectivity index (χ4v) is 7.92. The van der Waals surface area contributed by atoms with E-state index < -0.39 is 0 Å². The van der Waals surface area contributed by atoms with Crippen LogP contribution in [0.5, 0.6) is 0 Å². The first-order valence-corrected chi connectivity index (χ1v) is 17.5. The first-order valence-electron chi connectivity index (χ1n) is 17.5. The molecule has 0 amide bonds. The van der Waals surface area contributed by atoms with E-state index in [1.54, 1.807) is 0 Å². The number of rotatable bonds is 4. The number of para-hydroxylation sites is 1. The fraction of sp³-hybridized carbons (Fsp3) is 0. The summed E-state index contributed by atoms with van der Waals surface area (Å²) in [6, 6.07) is 62.1. The van der Waals surface area contributed by atoms with Crippen molar-refractivity contribution in [3.05, 3.63) is 176 Å². The van der Waals surface area contributed by atoms with Gasteiger partial charge in [-0.3, -0.25) is 4.57 Å². The largest absolute Gasteiger partial charge is 0.307 e. The van der Waals surface area contributed by atoms with Crippen molar-refractivity contribution in [2.24, 2.45) is 0 Å². The van der Waals surface area contributed by atoms with Crippen LogP contribution < -0.4 is 0 Å². The van der Waals surface area contributed by atoms with E-state index in [0.29, 0.717) is 17.6 Å². The van der Waals surface area contributed by atoms with Crippen LogP contribution in [0.15, 0.2) is 176 Å². The maximum atomic E-state index is 5.29. The Balaban J connectivity index is 1.37. The van der Waals surface area contributed by atoms with Gasteiger partial charge in [0, 0.05) is 38.4 Å². The van der Waals surface area contributed by atoms with Crippen molar-refractivity contribution < 1.29 is 0 Å². The molecule has 0 spiro atoms. The van der Waals surface area contributed by atoms with E-state index in [2.05, 4.69) is 149 Å². The summed E-state index contributed by atoms with van der Waals surface area (Å²) in [5.74, 6) is 1.83. The first-order chi connectivity index (χ1) is 25.8. The molecule has 52 heavy (non-hydrogen) atoms. The predicted molar refractivity (Wildman–Crippen MR) is 214 cm³/mol. The Bertz CT molecular complexity index is 3100. The van der Waals surface area contributed by atoms with Crippen molar-refractivity contribution in [1.29, 1.82) is 0 Å². The van der Waals surface area contributed by atoms with E-state index in [0.717, 1.165) is 55.0 Å². The molecule has 11 aromatic rings. The van der Waals surface area contributed by atoms with Crippen molar-refractivity contribution >= 4 is 65.2 Å². The summed E-state index contributed by atoms with van der Waals surface area (Å²) in [4.78, 5) is 15.6. The van der Waals surface area contributed by atoms with E-state index in [1.807, 2.05) is 36.4 Å². The standard InChI is InChI=1S/C47H29N5/c1-4-14-30(15-5-1)45-48-46(31-16-6-2-7-17-31)50-47(49-45)52-42-29-35-21-13-11-19-33(35)27-40(42)38-25-24-37-39-26-32-18-10-12-20-34(32)28-41(39)51(43(37)44(38)52)36-22-8-3-9-23-36/h1-29H. The Kier molecular flexibility index (Phi) is 6.18. The quantitative estimate of drug-likeness (QED) is 0.188. The van der Waals surface area contributed by atoms with Gasteiger partial charge in [0.05, 0.1) is 22.1 Å². The molecular formula is C47H29N5. The molecule has 0 saturated heterocycles. The molecule has 5 nitrogen and oxygen atoms in total. The van der Waals surface area contributed by atoms with E-state index >= 15 is 0 Å². The molecule has 0 N–H and O–H groups in total. The highest BCUT2D eigenvalue weighted by Crippen LogP contribution is 2.43. The molecular weight excluding hydrogens is 635 g/mol. The van der Waals surface area contributed by atoms with E-state index in [4.69, 9.17) is 15.0 Å². The lowest BCUT2D eigenvalue weighted by molar-refractivity contribution is 0.954. The van der Waals surface area contributed by atoms with E-state index in [9.17, 15) is 0 Å². The summed E-state index contributed by atoms with van der Waals surface area (Å²) >= 11 is 0. The van der Waals surface area contributed by atoms with Crippen LogP contribution in [-0.2, 0) is 0 Å². The van der Waals surface area contributed by atoms with Gasteiger partial charge in [0.15, 0.2) is 11.6 Å². The number of hydrogen-bond donors (Lipinski definition) is 0. The summed E-state index contributed by atoms with van der Waals surface area (Å²) in [5.41, 5.74) is 7.32. The van der Waals surface area contributed by atoms with Gasteiger partial charge in [-0.05, 0) is 57.9 Å². The second-order valence-corrected chi connectivity index (χ2v) is 13.3. The lowest BCUT2D eigenvalue weighted by Crippen LogP contribution is -2.07. The summed E-state index contributed by atoms with van der Waals surface area (Å²) in [6.07, 6.45) is 0. The molecule has 0 atom stereocenters. The average Bonchev–Trinajstić information content (AvgIpc) is 3.71. The number of aromatic nitrogens is 5. The molecule has 0 aliphatic carbocycles. The Morgan fingerprint density at radius 2 is 0.731 bits per heavy atom. The highest BCUT2D eigenvalue weighted by Gasteiger charge is 2.24. The van der Waals surface area contributed by atoms with Gasteiger partial charge in [0.25, 0.3) is 0 Å². The molecule has 11 rings (SSSR count). The van der Waals surface area contributed by atoms with E-state index in [-0.39, 0.29) is 0 Å². The number of fused-ring (bicyclic) bond motifs is 9. The fourth-order valence-electron chi connectivity index (χ4n) is 7.92. The molecule has 0 aliphatic heterocycles. The van der Waals surface area contributed by atoms with Crippen molar-refractivity contribution in [1.82, 2.24) is 24.1 Å². The third kappa shape index (κ3) is 4.33. The number of benzene rings is 8. The van der Waals surface area contributed by atoms with Crippen LogP contribution in [0.25, 0.3) is 99.6 Å². The maximum Gasteiger partial charge on any atom is 0.238 e. The van der Waals surface area contributed by atoms with Crippen LogP contribution in [0.4, 0.5) is 0 Å². The normalized spacial score (nSPS) is 11.8. The molecule has 0 unspecified atom stereocenters. The Labute approximate surface area is 298 Å². The molecule has 0 aliphatic rings. The SMILES string of the molecule is c1ccc(-c2nc(-c3ccccc3)nc(-n3c4cc5ccccc5cc4c4ccc5c6cc7ccccc7cc6n(-c6ccccc6)c5c43)n2)cc1. The van der Waals surface area contributed by atoms with Crippen LogP contribution in [0.3, 0.4) is 0 Å². The highest BCUT2D eigenvalue weighted by atomic mass is 15.2. The summed E-state index contributed by atoms with van der Waals surface area (Å²) in [5, 5.41) is 9.43. The van der Waals surface area contributed by atoms with Gasteiger partial charge in [-0.25, -0.2) is 4.98 Å². The topological polar surface area (TPSA) is 48.5 Å². The molecule has 8 aromatic carbocycles. The Hall–Kier alpha value is -7.11. The lowest BCUT2D eigenvalue weighted by Gasteiger charge is -2.13. The zero-order valence-corrected chi connectivity index (χ0v) is 28.0. The van der Waals surface area contributed by atoms with Crippen LogP contribution in [0, 0.1) is 0 Å². The third-order valence-electron chi connectivity index (χ3n) is 10.3. The first kappa shape index (κ1) is 28.7. The molecule has 5 heteroatoms. The predicted octanol–water partition coefficient (Wildman–Crippen LogP) is 11.7. The minimum absolute atomic E-state index is 0.575. The number of nitrogens with zero attached hydrogens (tertiary/aromatic N) is 5. The van der Waals surface area contributed by atoms with Crippen molar-refractivity contribution in [2.75, 3.05) is 0 Å². The van der Waals surface area contributed by atoms with Crippen LogP contribution in [-0.4, -0.2) is 24.1 Å². The summed E-state index contributed by atoms with van der Waals surface area (Å²) < 4.78 is 4.70. The second-order valence-electron chi connectivity index (χ2n) is 13.3. The van der Waals surface area contributed by atoms with Gasteiger partial charge >= 0.3 is 0 Å². The number of hydrogen-bond acceptors (Lipinski definition) is 3. The molecule has 0 bridgehead atoms. The van der Waals surface area contributed by atoms with Gasteiger partial charge in [-0.1, -0.05) is 140 Å². The van der Waals surface area contributed by atoms with Gasteiger partial charge in [-0.2, -0.15) is 9.97 Å². The minimum Gasteiger partial charge on any atom is -0.307 e. The molecule has 0 saturated carbocycles. The van der Waals surface area contributed by atoms with Crippen molar-refractivity contribution in [3.8, 4) is 34.4 Å². The van der Waals surface area contributed by atoms with Crippen LogP contribution >= 0.6 is 0 Å². The van der Waals surface area contributed by atoms with Crippen molar-refractivity contribution in [2.45, 2.75) is 0 Å². The zero-order chi connectivity index (χ0) is 34.2. The third-order valence-corrected chi connectivity index (χ3v) is 10.3. The molecule has 3 heterocycles. The van der Waals surface area contributed by atoms with Gasteiger partial charge in [0.1, 0.15) is 0 Å². The molecule has 0 radical (unpaired) electrons. The summed E-state index contributed by atoms with van der Waals surface area (Å²) in [6.45, 7) is 0. The van der Waals surface area contributed by atoms with Gasteiger partial charge < -0.3 is 4.57 Å². The van der Waals surface area contributed by atoms with Crippen LogP contribution in [0.2, 0.25) is 0 Å². The lowest BCUT2D eigenvalue weighted by atomic mass is 10.0. The monoisotopic (exact) mass is 663 g/mol. The van der Waals surface area contributed by atoms with Gasteiger partial charge in [0.2, 0.25) is 5.95 Å². The molecule has 242 valence electrons. The summed E-state index contributed by atoms with van der Waals surface area (Å²) in [7, 11) is 0. The molecule has 3 aromatic heterocycles. The van der Waals surface area contributed by atoms with E-state index in [1.165, 1.54) is 26.9 Å².